The Hall–Kier alpha value is -2.63. The first kappa shape index (κ1) is 18.2. The van der Waals surface area contributed by atoms with Gasteiger partial charge in [0, 0.05) is 35.7 Å². The Balaban J connectivity index is 1.77. The lowest BCUT2D eigenvalue weighted by Crippen LogP contribution is -2.22. The van der Waals surface area contributed by atoms with Gasteiger partial charge in [-0.05, 0) is 37.1 Å². The predicted molar refractivity (Wildman–Crippen MR) is 91.1 cm³/mol. The number of benzene rings is 1. The lowest BCUT2D eigenvalue weighted by Gasteiger charge is -2.22. The van der Waals surface area contributed by atoms with E-state index >= 15 is 0 Å². The van der Waals surface area contributed by atoms with Crippen molar-refractivity contribution in [2.75, 3.05) is 0 Å². The molecule has 0 saturated heterocycles. The van der Waals surface area contributed by atoms with Crippen molar-refractivity contribution >= 4 is 11.6 Å². The number of Topliss-reactive ketones (excluding diaryl/α,β-unsaturated/α-hetero) is 2. The molecule has 2 aliphatic rings. The molecule has 1 aliphatic carbocycles. The third kappa shape index (κ3) is 3.64. The number of nitrogens with one attached hydrogen (secondary N) is 1. The molecule has 2 atom stereocenters. The topological polar surface area (TPSA) is 46.2 Å². The van der Waals surface area contributed by atoms with E-state index in [0.717, 1.165) is 42.0 Å². The fourth-order valence-electron chi connectivity index (χ4n) is 3.35. The van der Waals surface area contributed by atoms with Crippen LogP contribution in [0.15, 0.2) is 60.0 Å². The molecule has 26 heavy (non-hydrogen) atoms. The van der Waals surface area contributed by atoms with Gasteiger partial charge in [-0.15, -0.1) is 0 Å². The number of hydrogen-bond acceptors (Lipinski definition) is 3. The molecular weight excluding hydrogens is 343 g/mol. The van der Waals surface area contributed by atoms with E-state index in [0.29, 0.717) is 0 Å². The summed E-state index contributed by atoms with van der Waals surface area (Å²) in [5, 5.41) is 3.14. The van der Waals surface area contributed by atoms with Crippen LogP contribution in [0.1, 0.15) is 35.7 Å². The SMILES string of the molecule is CC(=O)C(CC(=O)c1ccc(C(F)(F)F)cc1)C1=CNC2=CC=CCC21. The van der Waals surface area contributed by atoms with E-state index in [1.165, 1.54) is 6.92 Å². The maximum atomic E-state index is 12.6. The van der Waals surface area contributed by atoms with Crippen LogP contribution in [0, 0.1) is 11.8 Å². The molecule has 0 saturated carbocycles. The average molecular weight is 361 g/mol. The number of hydrogen-bond donors (Lipinski definition) is 1. The molecule has 1 heterocycles. The first-order valence-electron chi connectivity index (χ1n) is 8.31. The molecule has 2 unspecified atom stereocenters. The number of fused-ring (bicyclic) bond motifs is 1. The second kappa shape index (κ2) is 6.94. The molecule has 136 valence electrons. The number of halogens is 3. The van der Waals surface area contributed by atoms with E-state index in [4.69, 9.17) is 0 Å². The van der Waals surface area contributed by atoms with Gasteiger partial charge >= 0.3 is 6.18 Å². The fraction of sp³-hybridized carbons (Fsp3) is 0.300. The molecule has 0 aromatic heterocycles. The molecule has 3 rings (SSSR count). The summed E-state index contributed by atoms with van der Waals surface area (Å²) < 4.78 is 37.9. The summed E-state index contributed by atoms with van der Waals surface area (Å²) in [5.41, 5.74) is 1.22. The Morgan fingerprint density at radius 3 is 2.54 bits per heavy atom. The molecule has 1 aromatic rings. The number of alkyl halides is 3. The van der Waals surface area contributed by atoms with Gasteiger partial charge in [0.1, 0.15) is 5.78 Å². The average Bonchev–Trinajstić information content (AvgIpc) is 3.02. The zero-order chi connectivity index (χ0) is 18.9. The first-order chi connectivity index (χ1) is 12.3. The van der Waals surface area contributed by atoms with Crippen molar-refractivity contribution in [3.8, 4) is 0 Å². The Morgan fingerprint density at radius 1 is 1.23 bits per heavy atom. The highest BCUT2D eigenvalue weighted by molar-refractivity contribution is 5.99. The zero-order valence-corrected chi connectivity index (χ0v) is 14.1. The first-order valence-corrected chi connectivity index (χ1v) is 8.31. The number of carbonyl (C=O) groups excluding carboxylic acids is 2. The largest absolute Gasteiger partial charge is 0.416 e. The molecule has 1 N–H and O–H groups in total. The van der Waals surface area contributed by atoms with Crippen LogP contribution in [0.4, 0.5) is 13.2 Å². The van der Waals surface area contributed by atoms with Gasteiger partial charge in [0.2, 0.25) is 0 Å². The van der Waals surface area contributed by atoms with E-state index in [1.807, 2.05) is 18.2 Å². The highest BCUT2D eigenvalue weighted by Crippen LogP contribution is 2.37. The number of rotatable bonds is 5. The molecule has 3 nitrogen and oxygen atoms in total. The molecule has 1 aliphatic heterocycles. The van der Waals surface area contributed by atoms with Gasteiger partial charge in [0.15, 0.2) is 5.78 Å². The smallest absolute Gasteiger partial charge is 0.364 e. The summed E-state index contributed by atoms with van der Waals surface area (Å²) in [4.78, 5) is 24.7. The number of carbonyl (C=O) groups is 2. The van der Waals surface area contributed by atoms with Crippen LogP contribution in [0.5, 0.6) is 0 Å². The highest BCUT2D eigenvalue weighted by atomic mass is 19.4. The Kier molecular flexibility index (Phi) is 4.85. The molecule has 6 heteroatoms. The normalized spacial score (nSPS) is 19.9. The second-order valence-electron chi connectivity index (χ2n) is 6.49. The fourth-order valence-corrected chi connectivity index (χ4v) is 3.35. The standard InChI is InChI=1S/C20H18F3NO2/c1-12(25)16(17-11-24-18-5-3-2-4-15(17)18)10-19(26)13-6-8-14(9-7-13)20(21,22)23/h2-3,5-9,11,15-16,24H,4,10H2,1H3. The Labute approximate surface area is 149 Å². The lowest BCUT2D eigenvalue weighted by molar-refractivity contribution is -0.137. The van der Waals surface area contributed by atoms with Crippen molar-refractivity contribution in [2.45, 2.75) is 25.9 Å². The minimum Gasteiger partial charge on any atom is -0.364 e. The number of allylic oxidation sites excluding steroid dienone is 4. The van der Waals surface area contributed by atoms with Crippen molar-refractivity contribution in [1.82, 2.24) is 5.32 Å². The summed E-state index contributed by atoms with van der Waals surface area (Å²) in [6.45, 7) is 1.44. The minimum absolute atomic E-state index is 0.0503. The monoisotopic (exact) mass is 361 g/mol. The Bertz CT molecular complexity index is 816. The van der Waals surface area contributed by atoms with Crippen LogP contribution in [0.2, 0.25) is 0 Å². The van der Waals surface area contributed by atoms with Crippen molar-refractivity contribution < 1.29 is 22.8 Å². The molecule has 0 radical (unpaired) electrons. The summed E-state index contributed by atoms with van der Waals surface area (Å²) >= 11 is 0. The highest BCUT2D eigenvalue weighted by Gasteiger charge is 2.34. The summed E-state index contributed by atoms with van der Waals surface area (Å²) in [5.74, 6) is -1.01. The van der Waals surface area contributed by atoms with Gasteiger partial charge in [-0.2, -0.15) is 13.2 Å². The van der Waals surface area contributed by atoms with Crippen molar-refractivity contribution in [3.63, 3.8) is 0 Å². The molecule has 0 spiro atoms. The van der Waals surface area contributed by atoms with Gasteiger partial charge < -0.3 is 5.32 Å². The summed E-state index contributed by atoms with van der Waals surface area (Å²) in [7, 11) is 0. The van der Waals surface area contributed by atoms with Crippen LogP contribution in [0.25, 0.3) is 0 Å². The van der Waals surface area contributed by atoms with Crippen LogP contribution in [-0.4, -0.2) is 11.6 Å². The van der Waals surface area contributed by atoms with Gasteiger partial charge in [-0.1, -0.05) is 24.3 Å². The van der Waals surface area contributed by atoms with E-state index in [1.54, 1.807) is 6.20 Å². The van der Waals surface area contributed by atoms with Crippen molar-refractivity contribution in [1.29, 1.82) is 0 Å². The molecule has 0 fully saturated rings. The van der Waals surface area contributed by atoms with E-state index in [9.17, 15) is 22.8 Å². The molecule has 0 amide bonds. The quantitative estimate of drug-likeness (QED) is 0.789. The predicted octanol–water partition coefficient (Wildman–Crippen LogP) is 4.43. The zero-order valence-electron chi connectivity index (χ0n) is 14.1. The maximum Gasteiger partial charge on any atom is 0.416 e. The van der Waals surface area contributed by atoms with Crippen LogP contribution < -0.4 is 5.32 Å². The second-order valence-corrected chi connectivity index (χ2v) is 6.49. The van der Waals surface area contributed by atoms with E-state index in [2.05, 4.69) is 5.32 Å². The minimum atomic E-state index is -4.44. The molecular formula is C20H18F3NO2. The van der Waals surface area contributed by atoms with E-state index < -0.39 is 17.7 Å². The Morgan fingerprint density at radius 2 is 1.92 bits per heavy atom. The van der Waals surface area contributed by atoms with Crippen molar-refractivity contribution in [3.05, 3.63) is 71.1 Å². The van der Waals surface area contributed by atoms with Crippen molar-refractivity contribution in [2.24, 2.45) is 11.8 Å². The third-order valence-corrected chi connectivity index (χ3v) is 4.78. The summed E-state index contributed by atoms with van der Waals surface area (Å²) in [6, 6.07) is 4.11. The van der Waals surface area contributed by atoms with Gasteiger partial charge in [0.25, 0.3) is 0 Å². The van der Waals surface area contributed by atoms with Crippen LogP contribution >= 0.6 is 0 Å². The van der Waals surface area contributed by atoms with E-state index in [-0.39, 0.29) is 29.5 Å². The molecule has 1 aromatic carbocycles. The number of ketones is 2. The maximum absolute atomic E-state index is 12.6. The third-order valence-electron chi connectivity index (χ3n) is 4.78. The van der Waals surface area contributed by atoms with Crippen LogP contribution in [-0.2, 0) is 11.0 Å². The summed E-state index contributed by atoms with van der Waals surface area (Å²) in [6.07, 6.45) is 3.91. The molecule has 0 bridgehead atoms. The lowest BCUT2D eigenvalue weighted by atomic mass is 9.80. The van der Waals surface area contributed by atoms with Crippen LogP contribution in [0.3, 0.4) is 0 Å². The van der Waals surface area contributed by atoms with Gasteiger partial charge in [0.05, 0.1) is 5.56 Å². The van der Waals surface area contributed by atoms with Gasteiger partial charge in [-0.25, -0.2) is 0 Å². The van der Waals surface area contributed by atoms with Gasteiger partial charge in [-0.3, -0.25) is 9.59 Å².